The van der Waals surface area contributed by atoms with Gasteiger partial charge in [0.1, 0.15) is 5.15 Å². The van der Waals surface area contributed by atoms with Crippen LogP contribution in [0.1, 0.15) is 0 Å². The predicted octanol–water partition coefficient (Wildman–Crippen LogP) is 5.17. The van der Waals surface area contributed by atoms with Gasteiger partial charge in [-0.15, -0.1) is 11.3 Å². The van der Waals surface area contributed by atoms with E-state index in [2.05, 4.69) is 9.83 Å². The molecule has 0 aliphatic carbocycles. The number of hydrogen-bond donors (Lipinski definition) is 0. The van der Waals surface area contributed by atoms with Crippen molar-refractivity contribution in [1.29, 1.82) is 0 Å². The molecule has 4 aromatic rings. The van der Waals surface area contributed by atoms with Crippen LogP contribution in [0.15, 0.2) is 47.3 Å². The molecule has 0 radical (unpaired) electrons. The molecule has 3 nitrogen and oxygen atoms in total. The first-order valence-electron chi connectivity index (χ1n) is 6.51. The van der Waals surface area contributed by atoms with Crippen LogP contribution in [0.5, 0.6) is 0 Å². The minimum absolute atomic E-state index is 0.102. The molecule has 0 aliphatic heterocycles. The van der Waals surface area contributed by atoms with Crippen molar-refractivity contribution in [2.24, 2.45) is 0 Å². The second kappa shape index (κ2) is 4.77. The summed E-state index contributed by atoms with van der Waals surface area (Å²) in [7, 11) is 0. The summed E-state index contributed by atoms with van der Waals surface area (Å²) >= 11 is 7.71. The molecule has 0 N–H and O–H groups in total. The molecule has 2 aromatic heterocycles. The standard InChI is InChI=1S/C17H7ClN2OS/c1-19-9-6-7-13-11(8-9)15(21)14-10-4-2-3-5-12(10)20-17(18)16(14)22-13/h2-8H. The number of halogens is 1. The Labute approximate surface area is 134 Å². The molecule has 0 atom stereocenters. The Kier molecular flexibility index (Phi) is 2.86. The van der Waals surface area contributed by atoms with Gasteiger partial charge in [0.15, 0.2) is 11.1 Å². The highest BCUT2D eigenvalue weighted by atomic mass is 35.5. The number of hydrogen-bond acceptors (Lipinski definition) is 3. The van der Waals surface area contributed by atoms with Gasteiger partial charge in [-0.25, -0.2) is 9.83 Å². The zero-order chi connectivity index (χ0) is 15.3. The van der Waals surface area contributed by atoms with E-state index in [4.69, 9.17) is 18.2 Å². The number of benzene rings is 2. The third kappa shape index (κ3) is 1.80. The molecular formula is C17H7ClN2OS. The summed E-state index contributed by atoms with van der Waals surface area (Å²) in [5.41, 5.74) is 1.06. The average Bonchev–Trinajstić information content (AvgIpc) is 2.55. The van der Waals surface area contributed by atoms with E-state index in [9.17, 15) is 4.79 Å². The highest BCUT2D eigenvalue weighted by Gasteiger charge is 2.13. The zero-order valence-electron chi connectivity index (χ0n) is 11.1. The third-order valence-electron chi connectivity index (χ3n) is 3.58. The largest absolute Gasteiger partial charge is 0.289 e. The number of nitrogens with zero attached hydrogens (tertiary/aromatic N) is 2. The Morgan fingerprint density at radius 2 is 1.95 bits per heavy atom. The van der Waals surface area contributed by atoms with Crippen molar-refractivity contribution in [1.82, 2.24) is 4.98 Å². The topological polar surface area (TPSA) is 34.3 Å². The van der Waals surface area contributed by atoms with Gasteiger partial charge in [-0.05, 0) is 12.1 Å². The van der Waals surface area contributed by atoms with Crippen molar-refractivity contribution in [3.63, 3.8) is 0 Å². The Balaban J connectivity index is 2.34. The van der Waals surface area contributed by atoms with E-state index in [1.807, 2.05) is 24.3 Å². The molecule has 0 amide bonds. The highest BCUT2D eigenvalue weighted by molar-refractivity contribution is 7.25. The van der Waals surface area contributed by atoms with Gasteiger partial charge in [0.2, 0.25) is 0 Å². The van der Waals surface area contributed by atoms with Crippen LogP contribution in [-0.4, -0.2) is 4.98 Å². The molecule has 4 rings (SSSR count). The molecule has 0 unspecified atom stereocenters. The van der Waals surface area contributed by atoms with Crippen LogP contribution in [-0.2, 0) is 0 Å². The van der Waals surface area contributed by atoms with Gasteiger partial charge in [0, 0.05) is 15.5 Å². The molecule has 5 heteroatoms. The number of aromatic nitrogens is 1. The Hall–Kier alpha value is -2.48. The van der Waals surface area contributed by atoms with E-state index in [0.717, 1.165) is 10.1 Å². The molecule has 0 saturated carbocycles. The third-order valence-corrected chi connectivity index (χ3v) is 5.15. The quantitative estimate of drug-likeness (QED) is 0.194. The molecule has 2 aromatic carbocycles. The number of para-hydroxylation sites is 1. The summed E-state index contributed by atoms with van der Waals surface area (Å²) in [6, 6.07) is 12.6. The van der Waals surface area contributed by atoms with Crippen molar-refractivity contribution >= 4 is 59.7 Å². The lowest BCUT2D eigenvalue weighted by Gasteiger charge is -2.06. The van der Waals surface area contributed by atoms with E-state index in [1.165, 1.54) is 11.3 Å². The normalized spacial score (nSPS) is 11.1. The first-order valence-corrected chi connectivity index (χ1v) is 7.71. The monoisotopic (exact) mass is 322 g/mol. The van der Waals surface area contributed by atoms with E-state index >= 15 is 0 Å². The Morgan fingerprint density at radius 3 is 2.77 bits per heavy atom. The van der Waals surface area contributed by atoms with E-state index in [0.29, 0.717) is 31.8 Å². The fraction of sp³-hybridized carbons (Fsp3) is 0. The van der Waals surface area contributed by atoms with Gasteiger partial charge < -0.3 is 0 Å². The predicted molar refractivity (Wildman–Crippen MR) is 92.2 cm³/mol. The van der Waals surface area contributed by atoms with Crippen LogP contribution in [0.4, 0.5) is 5.69 Å². The average molecular weight is 323 g/mol. The summed E-state index contributed by atoms with van der Waals surface area (Å²) in [6.07, 6.45) is 0. The van der Waals surface area contributed by atoms with Crippen LogP contribution < -0.4 is 5.43 Å². The maximum atomic E-state index is 12.9. The van der Waals surface area contributed by atoms with Crippen molar-refractivity contribution < 1.29 is 0 Å². The molecule has 104 valence electrons. The fourth-order valence-electron chi connectivity index (χ4n) is 2.58. The molecule has 0 aliphatic rings. The lowest BCUT2D eigenvalue weighted by atomic mass is 10.1. The number of rotatable bonds is 0. The van der Waals surface area contributed by atoms with Gasteiger partial charge in [-0.1, -0.05) is 41.9 Å². The molecular weight excluding hydrogens is 316 g/mol. The van der Waals surface area contributed by atoms with Gasteiger partial charge >= 0.3 is 0 Å². The highest BCUT2D eigenvalue weighted by Crippen LogP contribution is 2.34. The number of pyridine rings is 1. The Bertz CT molecular complexity index is 1170. The number of fused-ring (bicyclic) bond motifs is 4. The molecule has 22 heavy (non-hydrogen) atoms. The van der Waals surface area contributed by atoms with Crippen LogP contribution in [0.3, 0.4) is 0 Å². The van der Waals surface area contributed by atoms with Gasteiger partial charge in [0.05, 0.1) is 22.2 Å². The van der Waals surface area contributed by atoms with E-state index in [1.54, 1.807) is 18.2 Å². The Morgan fingerprint density at radius 1 is 1.14 bits per heavy atom. The first kappa shape index (κ1) is 13.2. The maximum Gasteiger partial charge on any atom is 0.195 e. The van der Waals surface area contributed by atoms with Crippen LogP contribution in [0.2, 0.25) is 5.15 Å². The molecule has 0 spiro atoms. The van der Waals surface area contributed by atoms with Gasteiger partial charge in [-0.2, -0.15) is 0 Å². The lowest BCUT2D eigenvalue weighted by molar-refractivity contribution is 1.45. The first-order chi connectivity index (χ1) is 10.7. The molecule has 2 heterocycles. The van der Waals surface area contributed by atoms with Crippen molar-refractivity contribution in [2.75, 3.05) is 0 Å². The summed E-state index contributed by atoms with van der Waals surface area (Å²) in [5, 5.41) is 2.26. The molecule has 0 fully saturated rings. The van der Waals surface area contributed by atoms with Crippen molar-refractivity contribution in [3.05, 3.63) is 69.3 Å². The second-order valence-electron chi connectivity index (χ2n) is 4.85. The van der Waals surface area contributed by atoms with E-state index in [-0.39, 0.29) is 5.43 Å². The summed E-state index contributed by atoms with van der Waals surface area (Å²) in [4.78, 5) is 20.7. The summed E-state index contributed by atoms with van der Waals surface area (Å²) in [5.74, 6) is 0. The molecule has 0 bridgehead atoms. The van der Waals surface area contributed by atoms with Gasteiger partial charge in [-0.3, -0.25) is 4.79 Å². The maximum absolute atomic E-state index is 12.9. The lowest BCUT2D eigenvalue weighted by Crippen LogP contribution is -2.02. The van der Waals surface area contributed by atoms with E-state index < -0.39 is 0 Å². The van der Waals surface area contributed by atoms with Crippen LogP contribution >= 0.6 is 22.9 Å². The van der Waals surface area contributed by atoms with Crippen LogP contribution in [0, 0.1) is 6.57 Å². The van der Waals surface area contributed by atoms with Crippen LogP contribution in [0.25, 0.3) is 35.9 Å². The minimum atomic E-state index is -0.102. The second-order valence-corrected chi connectivity index (χ2v) is 6.26. The fourth-order valence-corrected chi connectivity index (χ4v) is 3.94. The molecule has 0 saturated heterocycles. The van der Waals surface area contributed by atoms with Crippen molar-refractivity contribution in [3.8, 4) is 0 Å². The smallest absolute Gasteiger partial charge is 0.195 e. The summed E-state index contributed by atoms with van der Waals surface area (Å²) < 4.78 is 1.50. The SMILES string of the molecule is [C-]#[N+]c1ccc2sc3c(Cl)nc4ccccc4c3c(=O)c2c1. The van der Waals surface area contributed by atoms with Crippen molar-refractivity contribution in [2.45, 2.75) is 0 Å². The van der Waals surface area contributed by atoms with Gasteiger partial charge in [0.25, 0.3) is 0 Å². The minimum Gasteiger partial charge on any atom is -0.289 e. The zero-order valence-corrected chi connectivity index (χ0v) is 12.7. The summed E-state index contributed by atoms with van der Waals surface area (Å²) in [6.45, 7) is 7.11.